The van der Waals surface area contributed by atoms with Crippen molar-refractivity contribution in [2.24, 2.45) is 0 Å². The number of methoxy groups -OCH3 is 1. The molecular formula is C18H17F3N4O2S. The standard InChI is InChI=1S/C18H17F3N4O2S/c1-27-9-14-8-24(4-5-25(14)17(26)16-10-28-11-23-16)13-3-2-12(7-22)15(6-13)18(19,20)21/h2-3,6,10-11,14H,4-5,8-9H2,1H3. The number of alkyl halides is 3. The molecule has 1 aromatic heterocycles. The van der Waals surface area contributed by atoms with Crippen molar-refractivity contribution in [2.75, 3.05) is 38.3 Å². The van der Waals surface area contributed by atoms with Crippen LogP contribution in [0.2, 0.25) is 0 Å². The fourth-order valence-electron chi connectivity index (χ4n) is 3.22. The van der Waals surface area contributed by atoms with E-state index in [0.29, 0.717) is 31.0 Å². The van der Waals surface area contributed by atoms with Crippen molar-refractivity contribution in [1.29, 1.82) is 5.26 Å². The van der Waals surface area contributed by atoms with Gasteiger partial charge >= 0.3 is 6.18 Å². The van der Waals surface area contributed by atoms with E-state index >= 15 is 0 Å². The topological polar surface area (TPSA) is 69.5 Å². The van der Waals surface area contributed by atoms with Gasteiger partial charge < -0.3 is 14.5 Å². The second kappa shape index (κ2) is 8.16. The Bertz CT molecular complexity index is 880. The number of aromatic nitrogens is 1. The number of carbonyl (C=O) groups is 1. The Balaban J connectivity index is 1.84. The van der Waals surface area contributed by atoms with E-state index in [2.05, 4.69) is 4.98 Å². The number of carbonyl (C=O) groups excluding carboxylic acids is 1. The average molecular weight is 410 g/mol. The molecule has 1 unspecified atom stereocenters. The van der Waals surface area contributed by atoms with Crippen LogP contribution in [0.15, 0.2) is 29.1 Å². The van der Waals surface area contributed by atoms with Gasteiger partial charge in [-0.3, -0.25) is 4.79 Å². The van der Waals surface area contributed by atoms with Crippen LogP contribution >= 0.6 is 11.3 Å². The molecule has 28 heavy (non-hydrogen) atoms. The predicted molar refractivity (Wildman–Crippen MR) is 97.2 cm³/mol. The Kier molecular flexibility index (Phi) is 5.86. The minimum absolute atomic E-state index is 0.223. The normalized spacial score (nSPS) is 17.5. The number of anilines is 1. The van der Waals surface area contributed by atoms with Crippen LogP contribution in [0.5, 0.6) is 0 Å². The van der Waals surface area contributed by atoms with Gasteiger partial charge in [-0.25, -0.2) is 4.98 Å². The fraction of sp³-hybridized carbons (Fsp3) is 0.389. The number of benzene rings is 1. The monoisotopic (exact) mass is 410 g/mol. The smallest absolute Gasteiger partial charge is 0.382 e. The van der Waals surface area contributed by atoms with Crippen LogP contribution in [0.25, 0.3) is 0 Å². The Morgan fingerprint density at radius 3 is 2.82 bits per heavy atom. The summed E-state index contributed by atoms with van der Waals surface area (Å²) < 4.78 is 45.0. The number of rotatable bonds is 4. The van der Waals surface area contributed by atoms with Crippen molar-refractivity contribution >= 4 is 22.9 Å². The zero-order valence-corrected chi connectivity index (χ0v) is 15.8. The van der Waals surface area contributed by atoms with Crippen molar-refractivity contribution in [3.05, 3.63) is 45.9 Å². The highest BCUT2D eigenvalue weighted by Gasteiger charge is 2.36. The van der Waals surface area contributed by atoms with Gasteiger partial charge in [-0.2, -0.15) is 18.4 Å². The summed E-state index contributed by atoms with van der Waals surface area (Å²) in [5.41, 5.74) is 0.897. The quantitative estimate of drug-likeness (QED) is 0.775. The number of hydrogen-bond donors (Lipinski definition) is 0. The Hall–Kier alpha value is -2.64. The lowest BCUT2D eigenvalue weighted by Gasteiger charge is -2.42. The molecule has 3 rings (SSSR count). The van der Waals surface area contributed by atoms with Crippen molar-refractivity contribution in [3.63, 3.8) is 0 Å². The van der Waals surface area contributed by atoms with Crippen LogP contribution in [0.4, 0.5) is 18.9 Å². The lowest BCUT2D eigenvalue weighted by atomic mass is 10.0. The maximum Gasteiger partial charge on any atom is 0.417 e. The lowest BCUT2D eigenvalue weighted by Crippen LogP contribution is -2.57. The predicted octanol–water partition coefficient (Wildman–Crippen LogP) is 3.01. The van der Waals surface area contributed by atoms with E-state index in [1.165, 1.54) is 30.6 Å². The number of amides is 1. The highest BCUT2D eigenvalue weighted by Crippen LogP contribution is 2.35. The van der Waals surface area contributed by atoms with Crippen molar-refractivity contribution in [3.8, 4) is 6.07 Å². The first kappa shape index (κ1) is 20.1. The van der Waals surface area contributed by atoms with E-state index in [0.717, 1.165) is 6.07 Å². The molecule has 0 bridgehead atoms. The number of ether oxygens (including phenoxy) is 1. The summed E-state index contributed by atoms with van der Waals surface area (Å²) in [4.78, 5) is 20.1. The van der Waals surface area contributed by atoms with Crippen LogP contribution in [-0.4, -0.2) is 55.2 Å². The molecule has 0 aliphatic carbocycles. The first-order chi connectivity index (χ1) is 13.3. The molecule has 1 amide bonds. The van der Waals surface area contributed by atoms with Gasteiger partial charge in [-0.1, -0.05) is 0 Å². The zero-order chi connectivity index (χ0) is 20.3. The van der Waals surface area contributed by atoms with Crippen molar-refractivity contribution < 1.29 is 22.7 Å². The molecule has 0 radical (unpaired) electrons. The van der Waals surface area contributed by atoms with E-state index in [1.54, 1.807) is 26.8 Å². The summed E-state index contributed by atoms with van der Waals surface area (Å²) in [6.45, 7) is 1.24. The fourth-order valence-corrected chi connectivity index (χ4v) is 3.74. The van der Waals surface area contributed by atoms with Gasteiger partial charge in [0.25, 0.3) is 5.91 Å². The van der Waals surface area contributed by atoms with E-state index in [4.69, 9.17) is 10.00 Å². The van der Waals surface area contributed by atoms with E-state index in [9.17, 15) is 18.0 Å². The summed E-state index contributed by atoms with van der Waals surface area (Å²) in [5.74, 6) is -0.223. The zero-order valence-electron chi connectivity index (χ0n) is 14.9. The molecule has 2 heterocycles. The Morgan fingerprint density at radius 2 is 2.21 bits per heavy atom. The molecule has 148 valence electrons. The minimum atomic E-state index is -4.62. The number of piperazine rings is 1. The molecular weight excluding hydrogens is 393 g/mol. The third-order valence-electron chi connectivity index (χ3n) is 4.55. The first-order valence-corrected chi connectivity index (χ1v) is 9.33. The Labute approximate surface area is 163 Å². The lowest BCUT2D eigenvalue weighted by molar-refractivity contribution is -0.137. The number of thiazole rings is 1. The van der Waals surface area contributed by atoms with Gasteiger partial charge in [0.15, 0.2) is 0 Å². The van der Waals surface area contributed by atoms with Crippen LogP contribution in [0, 0.1) is 11.3 Å². The molecule has 1 aliphatic rings. The number of nitrogens with zero attached hydrogens (tertiary/aromatic N) is 4. The van der Waals surface area contributed by atoms with Gasteiger partial charge in [0.05, 0.1) is 35.4 Å². The Morgan fingerprint density at radius 1 is 1.43 bits per heavy atom. The highest BCUT2D eigenvalue weighted by atomic mass is 32.1. The number of nitriles is 1. The van der Waals surface area contributed by atoms with Crippen LogP contribution in [0.3, 0.4) is 0 Å². The molecule has 10 heteroatoms. The SMILES string of the molecule is COCC1CN(c2ccc(C#N)c(C(F)(F)F)c2)CCN1C(=O)c1cscn1. The maximum absolute atomic E-state index is 13.3. The molecule has 6 nitrogen and oxygen atoms in total. The summed E-state index contributed by atoms with van der Waals surface area (Å²) in [6, 6.07) is 4.91. The number of halogens is 3. The first-order valence-electron chi connectivity index (χ1n) is 8.39. The maximum atomic E-state index is 13.3. The van der Waals surface area contributed by atoms with Gasteiger partial charge in [0, 0.05) is 37.8 Å². The second-order valence-corrected chi connectivity index (χ2v) is 6.99. The van der Waals surface area contributed by atoms with E-state index in [1.807, 2.05) is 0 Å². The van der Waals surface area contributed by atoms with Gasteiger partial charge in [0.1, 0.15) is 5.69 Å². The number of hydrogen-bond acceptors (Lipinski definition) is 6. The highest BCUT2D eigenvalue weighted by molar-refractivity contribution is 7.07. The average Bonchev–Trinajstić information content (AvgIpc) is 3.21. The summed E-state index contributed by atoms with van der Waals surface area (Å²) in [7, 11) is 1.51. The third kappa shape index (κ3) is 4.10. The summed E-state index contributed by atoms with van der Waals surface area (Å²) in [5, 5.41) is 10.6. The minimum Gasteiger partial charge on any atom is -0.382 e. The van der Waals surface area contributed by atoms with Gasteiger partial charge in [-0.05, 0) is 18.2 Å². The summed E-state index contributed by atoms with van der Waals surface area (Å²) in [6.07, 6.45) is -4.62. The molecule has 1 saturated heterocycles. The molecule has 1 aromatic carbocycles. The van der Waals surface area contributed by atoms with Crippen molar-refractivity contribution in [1.82, 2.24) is 9.88 Å². The van der Waals surface area contributed by atoms with Crippen LogP contribution in [-0.2, 0) is 10.9 Å². The van der Waals surface area contributed by atoms with Crippen LogP contribution in [0.1, 0.15) is 21.6 Å². The molecule has 0 N–H and O–H groups in total. The molecule has 0 saturated carbocycles. The largest absolute Gasteiger partial charge is 0.417 e. The molecule has 0 spiro atoms. The van der Waals surface area contributed by atoms with E-state index < -0.39 is 17.3 Å². The van der Waals surface area contributed by atoms with Crippen LogP contribution < -0.4 is 4.90 Å². The molecule has 1 fully saturated rings. The second-order valence-electron chi connectivity index (χ2n) is 6.27. The van der Waals surface area contributed by atoms with Crippen molar-refractivity contribution in [2.45, 2.75) is 12.2 Å². The third-order valence-corrected chi connectivity index (χ3v) is 5.13. The van der Waals surface area contributed by atoms with Gasteiger partial charge in [-0.15, -0.1) is 11.3 Å². The molecule has 1 aliphatic heterocycles. The van der Waals surface area contributed by atoms with E-state index in [-0.39, 0.29) is 18.6 Å². The molecule has 2 aromatic rings. The summed E-state index contributed by atoms with van der Waals surface area (Å²) >= 11 is 1.32. The van der Waals surface area contributed by atoms with Gasteiger partial charge in [0.2, 0.25) is 0 Å². The molecule has 1 atom stereocenters.